The van der Waals surface area contributed by atoms with Gasteiger partial charge >= 0.3 is 0 Å². The molecule has 0 amide bonds. The van der Waals surface area contributed by atoms with Gasteiger partial charge in [-0.2, -0.15) is 0 Å². The fraction of sp³-hybridized carbons (Fsp3) is 0.381. The summed E-state index contributed by atoms with van der Waals surface area (Å²) in [6, 6.07) is 21.0. The average molecular weight is 307 g/mol. The van der Waals surface area contributed by atoms with Gasteiger partial charge in [0.1, 0.15) is 5.78 Å². The van der Waals surface area contributed by atoms with Crippen molar-refractivity contribution in [3.63, 3.8) is 0 Å². The summed E-state index contributed by atoms with van der Waals surface area (Å²) in [6.45, 7) is 4.24. The maximum atomic E-state index is 13.1. The first-order chi connectivity index (χ1) is 11.3. The van der Waals surface area contributed by atoms with Crippen molar-refractivity contribution in [1.82, 2.24) is 5.32 Å². The van der Waals surface area contributed by atoms with Crippen LogP contribution < -0.4 is 5.32 Å². The molecule has 0 radical (unpaired) electrons. The van der Waals surface area contributed by atoms with E-state index in [4.69, 9.17) is 0 Å². The van der Waals surface area contributed by atoms with Crippen LogP contribution in [0.4, 0.5) is 0 Å². The monoisotopic (exact) mass is 307 g/mol. The molecule has 2 aromatic carbocycles. The summed E-state index contributed by atoms with van der Waals surface area (Å²) >= 11 is 0. The number of carbonyl (C=O) groups is 1. The van der Waals surface area contributed by atoms with Gasteiger partial charge in [0.15, 0.2) is 0 Å². The van der Waals surface area contributed by atoms with E-state index in [1.54, 1.807) is 0 Å². The molecule has 1 fully saturated rings. The maximum absolute atomic E-state index is 13.1. The molecule has 0 spiro atoms. The molecule has 2 aromatic rings. The number of rotatable bonds is 4. The number of benzene rings is 2. The van der Waals surface area contributed by atoms with E-state index in [1.807, 2.05) is 12.1 Å². The Morgan fingerprint density at radius 1 is 0.739 bits per heavy atom. The second-order valence-electron chi connectivity index (χ2n) is 6.38. The minimum Gasteiger partial charge on any atom is -0.302 e. The predicted molar refractivity (Wildman–Crippen MR) is 94.1 cm³/mol. The van der Waals surface area contributed by atoms with E-state index in [-0.39, 0.29) is 23.9 Å². The number of piperidine rings is 1. The topological polar surface area (TPSA) is 29.1 Å². The Balaban J connectivity index is 1.99. The first-order valence-corrected chi connectivity index (χ1v) is 8.65. The maximum Gasteiger partial charge on any atom is 0.142 e. The third-order valence-corrected chi connectivity index (χ3v) is 5.09. The number of hydrogen-bond acceptors (Lipinski definition) is 2. The molecule has 1 saturated heterocycles. The zero-order valence-corrected chi connectivity index (χ0v) is 13.9. The van der Waals surface area contributed by atoms with E-state index in [0.717, 1.165) is 12.8 Å². The molecule has 1 aliphatic rings. The van der Waals surface area contributed by atoms with Crippen molar-refractivity contribution in [3.8, 4) is 0 Å². The van der Waals surface area contributed by atoms with Gasteiger partial charge in [0, 0.05) is 23.9 Å². The van der Waals surface area contributed by atoms with Crippen LogP contribution in [0.3, 0.4) is 0 Å². The molecule has 0 bridgehead atoms. The van der Waals surface area contributed by atoms with Crippen LogP contribution in [-0.4, -0.2) is 5.78 Å². The molecular formula is C21H25NO. The lowest BCUT2D eigenvalue weighted by Crippen LogP contribution is -2.48. The van der Waals surface area contributed by atoms with Crippen molar-refractivity contribution >= 4 is 5.78 Å². The van der Waals surface area contributed by atoms with Crippen LogP contribution in [0, 0.1) is 11.8 Å². The highest BCUT2D eigenvalue weighted by Crippen LogP contribution is 2.40. The second kappa shape index (κ2) is 7.10. The van der Waals surface area contributed by atoms with Crippen LogP contribution in [0.15, 0.2) is 60.7 Å². The molecule has 23 heavy (non-hydrogen) atoms. The highest BCUT2D eigenvalue weighted by Gasteiger charge is 2.42. The first kappa shape index (κ1) is 15.9. The molecule has 2 nitrogen and oxygen atoms in total. The van der Waals surface area contributed by atoms with E-state index in [2.05, 4.69) is 67.7 Å². The molecular weight excluding hydrogens is 282 g/mol. The van der Waals surface area contributed by atoms with Gasteiger partial charge in [0.2, 0.25) is 0 Å². The molecule has 0 unspecified atom stereocenters. The summed E-state index contributed by atoms with van der Waals surface area (Å²) in [5.41, 5.74) is 2.42. The first-order valence-electron chi connectivity index (χ1n) is 8.65. The fourth-order valence-corrected chi connectivity index (χ4v) is 3.88. The summed E-state index contributed by atoms with van der Waals surface area (Å²) in [6.07, 6.45) is 1.76. The fourth-order valence-electron chi connectivity index (χ4n) is 3.88. The Morgan fingerprint density at radius 2 is 1.13 bits per heavy atom. The molecule has 0 aliphatic carbocycles. The number of ketones is 1. The minimum absolute atomic E-state index is 0.0577. The lowest BCUT2D eigenvalue weighted by Gasteiger charge is -2.41. The van der Waals surface area contributed by atoms with E-state index in [9.17, 15) is 4.79 Å². The van der Waals surface area contributed by atoms with Gasteiger partial charge in [0.25, 0.3) is 0 Å². The van der Waals surface area contributed by atoms with Gasteiger partial charge in [0.05, 0.1) is 0 Å². The Bertz CT molecular complexity index is 582. The zero-order chi connectivity index (χ0) is 16.2. The SMILES string of the molecule is CC[C@H]1C(=O)[C@H](CC)[C@@H](c2ccccc2)N[C@@H]1c1ccccc1. The number of carbonyl (C=O) groups excluding carboxylic acids is 1. The zero-order valence-electron chi connectivity index (χ0n) is 13.9. The van der Waals surface area contributed by atoms with Crippen LogP contribution in [-0.2, 0) is 4.79 Å². The molecule has 1 aliphatic heterocycles. The smallest absolute Gasteiger partial charge is 0.142 e. The highest BCUT2D eigenvalue weighted by atomic mass is 16.1. The van der Waals surface area contributed by atoms with E-state index in [1.165, 1.54) is 11.1 Å². The van der Waals surface area contributed by atoms with E-state index >= 15 is 0 Å². The van der Waals surface area contributed by atoms with Crippen LogP contribution in [0.5, 0.6) is 0 Å². The standard InChI is InChI=1S/C21H25NO/c1-3-17-19(15-11-7-5-8-12-15)22-20(18(4-2)21(17)23)16-13-9-6-10-14-16/h5-14,17-20,22H,3-4H2,1-2H3/t17-,18-,19-,20-/m1/s1. The number of Topliss-reactive ketones (excluding diaryl/α,β-unsaturated/α-hetero) is 1. The Morgan fingerprint density at radius 3 is 1.48 bits per heavy atom. The predicted octanol–water partition coefficient (Wildman–Crippen LogP) is 4.69. The summed E-state index contributed by atoms with van der Waals surface area (Å²) in [7, 11) is 0. The van der Waals surface area contributed by atoms with E-state index < -0.39 is 0 Å². The van der Waals surface area contributed by atoms with Crippen LogP contribution >= 0.6 is 0 Å². The van der Waals surface area contributed by atoms with Crippen molar-refractivity contribution < 1.29 is 4.79 Å². The van der Waals surface area contributed by atoms with Gasteiger partial charge in [-0.3, -0.25) is 4.79 Å². The molecule has 1 N–H and O–H groups in total. The van der Waals surface area contributed by atoms with Crippen LogP contribution in [0.1, 0.15) is 49.9 Å². The van der Waals surface area contributed by atoms with Gasteiger partial charge in [-0.15, -0.1) is 0 Å². The Kier molecular flexibility index (Phi) is 4.92. The molecule has 0 aromatic heterocycles. The Labute approximate surface area is 138 Å². The lowest BCUT2D eigenvalue weighted by molar-refractivity contribution is -0.132. The third-order valence-electron chi connectivity index (χ3n) is 5.09. The third kappa shape index (κ3) is 3.09. The molecule has 1 heterocycles. The van der Waals surface area contributed by atoms with Crippen LogP contribution in [0.25, 0.3) is 0 Å². The molecule has 2 heteroatoms. The largest absolute Gasteiger partial charge is 0.302 e. The Hall–Kier alpha value is -1.93. The van der Waals surface area contributed by atoms with Crippen molar-refractivity contribution in [2.24, 2.45) is 11.8 Å². The lowest BCUT2D eigenvalue weighted by atomic mass is 9.73. The van der Waals surface area contributed by atoms with Gasteiger partial charge in [-0.25, -0.2) is 0 Å². The summed E-state index contributed by atoms with van der Waals surface area (Å²) in [5, 5.41) is 3.80. The number of nitrogens with one attached hydrogen (secondary N) is 1. The summed E-state index contributed by atoms with van der Waals surface area (Å²) in [5.74, 6) is 0.529. The molecule has 4 atom stereocenters. The second-order valence-corrected chi connectivity index (χ2v) is 6.38. The van der Waals surface area contributed by atoms with E-state index in [0.29, 0.717) is 5.78 Å². The van der Waals surface area contributed by atoms with Gasteiger partial charge < -0.3 is 5.32 Å². The van der Waals surface area contributed by atoms with Crippen molar-refractivity contribution in [2.45, 2.75) is 38.8 Å². The number of hydrogen-bond donors (Lipinski definition) is 1. The molecule has 120 valence electrons. The summed E-state index contributed by atoms with van der Waals surface area (Å²) < 4.78 is 0. The molecule has 3 rings (SSSR count). The highest BCUT2D eigenvalue weighted by molar-refractivity contribution is 5.86. The normalized spacial score (nSPS) is 27.8. The van der Waals surface area contributed by atoms with Crippen LogP contribution in [0.2, 0.25) is 0 Å². The molecule has 0 saturated carbocycles. The van der Waals surface area contributed by atoms with Gasteiger partial charge in [-0.1, -0.05) is 74.5 Å². The summed E-state index contributed by atoms with van der Waals surface area (Å²) in [4.78, 5) is 13.1. The van der Waals surface area contributed by atoms with Crippen molar-refractivity contribution in [2.75, 3.05) is 0 Å². The van der Waals surface area contributed by atoms with Crippen molar-refractivity contribution in [1.29, 1.82) is 0 Å². The van der Waals surface area contributed by atoms with Crippen molar-refractivity contribution in [3.05, 3.63) is 71.8 Å². The minimum atomic E-state index is 0.0577. The van der Waals surface area contributed by atoms with Gasteiger partial charge in [-0.05, 0) is 24.0 Å². The average Bonchev–Trinajstić information content (AvgIpc) is 2.62. The quantitative estimate of drug-likeness (QED) is 0.887.